The van der Waals surface area contributed by atoms with Crippen molar-refractivity contribution in [3.8, 4) is 0 Å². The highest BCUT2D eigenvalue weighted by Crippen LogP contribution is 2.30. The van der Waals surface area contributed by atoms with Crippen LogP contribution in [0.15, 0.2) is 40.7 Å². The van der Waals surface area contributed by atoms with E-state index >= 15 is 0 Å². The fourth-order valence-corrected chi connectivity index (χ4v) is 5.42. The third-order valence-corrected chi connectivity index (χ3v) is 7.75. The number of rotatable bonds is 11. The predicted octanol–water partition coefficient (Wildman–Crippen LogP) is 5.73. The van der Waals surface area contributed by atoms with Gasteiger partial charge in [-0.3, -0.25) is 10.1 Å². The number of anilines is 1. The molecule has 0 atom stereocenters. The summed E-state index contributed by atoms with van der Waals surface area (Å²) in [6, 6.07) is 10.3. The first-order valence-corrected chi connectivity index (χ1v) is 13.2. The Kier molecular flexibility index (Phi) is 10.0. The molecule has 0 bridgehead atoms. The van der Waals surface area contributed by atoms with Crippen molar-refractivity contribution in [1.82, 2.24) is 9.88 Å². The molecule has 0 spiro atoms. The van der Waals surface area contributed by atoms with Gasteiger partial charge in [-0.2, -0.15) is 0 Å². The molecule has 1 aromatic heterocycles. The topological polar surface area (TPSA) is 91.8 Å². The number of nitrogens with one attached hydrogen (secondary N) is 1. The molecule has 180 valence electrons. The van der Waals surface area contributed by atoms with Crippen LogP contribution in [0.25, 0.3) is 0 Å². The van der Waals surface area contributed by atoms with Crippen molar-refractivity contribution in [1.29, 1.82) is 0 Å². The lowest BCUT2D eigenvalue weighted by molar-refractivity contribution is -0.133. The van der Waals surface area contributed by atoms with Gasteiger partial charge in [-0.15, -0.1) is 11.8 Å². The lowest BCUT2D eigenvalue weighted by Crippen LogP contribution is -2.46. The molecule has 1 aliphatic carbocycles. The van der Waals surface area contributed by atoms with Crippen LogP contribution in [-0.4, -0.2) is 51.4 Å². The molecule has 0 radical (unpaired) electrons. The highest BCUT2D eigenvalue weighted by atomic mass is 32.2. The maximum Gasteiger partial charge on any atom is 0.323 e. The lowest BCUT2D eigenvalue weighted by atomic mass is 9.91. The van der Waals surface area contributed by atoms with E-state index in [-0.39, 0.29) is 23.9 Å². The summed E-state index contributed by atoms with van der Waals surface area (Å²) < 4.78 is 6.90. The average Bonchev–Trinajstić information content (AvgIpc) is 3.25. The van der Waals surface area contributed by atoms with E-state index in [0.717, 1.165) is 36.3 Å². The van der Waals surface area contributed by atoms with E-state index in [9.17, 15) is 9.59 Å². The number of carboxylic acid groups (broad SMARTS) is 1. The fourth-order valence-electron chi connectivity index (χ4n) is 3.84. The molecule has 9 heteroatoms. The van der Waals surface area contributed by atoms with Gasteiger partial charge in [0, 0.05) is 12.6 Å². The van der Waals surface area contributed by atoms with Crippen LogP contribution in [0.3, 0.4) is 0 Å². The normalized spacial score (nSPS) is 18.3. The minimum atomic E-state index is -0.873. The van der Waals surface area contributed by atoms with Crippen LogP contribution in [0.5, 0.6) is 0 Å². The predicted molar refractivity (Wildman–Crippen MR) is 133 cm³/mol. The smallest absolute Gasteiger partial charge is 0.323 e. The second-order valence-electron chi connectivity index (χ2n) is 8.70. The number of carbonyl (C=O) groups is 2. The minimum Gasteiger partial charge on any atom is -0.481 e. The van der Waals surface area contributed by atoms with Gasteiger partial charge in [0.1, 0.15) is 0 Å². The molecule has 1 aromatic carbocycles. The molecule has 7 nitrogen and oxygen atoms in total. The van der Waals surface area contributed by atoms with Crippen molar-refractivity contribution in [2.24, 2.45) is 5.92 Å². The summed E-state index contributed by atoms with van der Waals surface area (Å²) in [6.45, 7) is 5.66. The second-order valence-corrected chi connectivity index (χ2v) is 11.0. The third-order valence-electron chi connectivity index (χ3n) is 5.66. The molecule has 1 heterocycles. The largest absolute Gasteiger partial charge is 0.481 e. The van der Waals surface area contributed by atoms with E-state index in [0.29, 0.717) is 24.2 Å². The highest BCUT2D eigenvalue weighted by molar-refractivity contribution is 8.01. The lowest BCUT2D eigenvalue weighted by Gasteiger charge is -2.37. The first kappa shape index (κ1) is 25.5. The number of benzene rings is 1. The Hall–Kier alpha value is -2.10. The molecule has 1 saturated carbocycles. The molecule has 33 heavy (non-hydrogen) atoms. The number of amides is 2. The van der Waals surface area contributed by atoms with E-state index in [1.165, 1.54) is 28.7 Å². The summed E-state index contributed by atoms with van der Waals surface area (Å²) in [7, 11) is 0. The first-order chi connectivity index (χ1) is 15.9. The minimum absolute atomic E-state index is 0.0221. The Labute approximate surface area is 203 Å². The van der Waals surface area contributed by atoms with Crippen molar-refractivity contribution in [3.05, 3.63) is 42.1 Å². The molecular formula is C24H33N3O4S2. The molecular weight excluding hydrogens is 458 g/mol. The van der Waals surface area contributed by atoms with Crippen molar-refractivity contribution in [2.45, 2.75) is 68.9 Å². The average molecular weight is 492 g/mol. The van der Waals surface area contributed by atoms with E-state index in [1.54, 1.807) is 6.20 Å². The van der Waals surface area contributed by atoms with Crippen molar-refractivity contribution >= 4 is 40.2 Å². The monoisotopic (exact) mass is 491 g/mol. The Morgan fingerprint density at radius 3 is 2.64 bits per heavy atom. The van der Waals surface area contributed by atoms with Gasteiger partial charge < -0.3 is 14.7 Å². The van der Waals surface area contributed by atoms with E-state index in [4.69, 9.17) is 9.84 Å². The van der Waals surface area contributed by atoms with Gasteiger partial charge in [-0.05, 0) is 43.6 Å². The van der Waals surface area contributed by atoms with E-state index < -0.39 is 5.97 Å². The molecule has 2 amide bonds. The van der Waals surface area contributed by atoms with Crippen LogP contribution in [0.1, 0.15) is 51.5 Å². The van der Waals surface area contributed by atoms with Gasteiger partial charge in [0.2, 0.25) is 0 Å². The number of thioether (sulfide) groups is 1. The number of hydrogen-bond donors (Lipinski definition) is 2. The third kappa shape index (κ3) is 8.64. The number of hydrogen-bond acceptors (Lipinski definition) is 6. The highest BCUT2D eigenvalue weighted by Gasteiger charge is 2.29. The molecule has 0 unspecified atom stereocenters. The van der Waals surface area contributed by atoms with E-state index in [2.05, 4.69) is 36.3 Å². The maximum absolute atomic E-state index is 13.1. The summed E-state index contributed by atoms with van der Waals surface area (Å²) in [4.78, 5) is 30.1. The summed E-state index contributed by atoms with van der Waals surface area (Å²) in [5, 5.41) is 12.3. The van der Waals surface area contributed by atoms with Gasteiger partial charge in [-0.1, -0.05) is 55.5 Å². The van der Waals surface area contributed by atoms with Crippen LogP contribution in [0.4, 0.5) is 9.93 Å². The second kappa shape index (κ2) is 13.0. The molecule has 1 aliphatic rings. The zero-order valence-corrected chi connectivity index (χ0v) is 20.9. The Balaban J connectivity index is 1.53. The van der Waals surface area contributed by atoms with Crippen LogP contribution >= 0.6 is 23.1 Å². The molecule has 3 rings (SSSR count). The number of ether oxygens (including phenoxy) is 1. The van der Waals surface area contributed by atoms with Gasteiger partial charge in [0.15, 0.2) is 5.13 Å². The molecule has 1 fully saturated rings. The van der Waals surface area contributed by atoms with Crippen molar-refractivity contribution in [2.75, 3.05) is 17.6 Å². The molecule has 0 aliphatic heterocycles. The number of nitrogens with zero attached hydrogens (tertiary/aromatic N) is 2. The number of aromatic nitrogens is 1. The van der Waals surface area contributed by atoms with Crippen LogP contribution in [0.2, 0.25) is 0 Å². The summed E-state index contributed by atoms with van der Waals surface area (Å²) in [5.74, 6) is -0.391. The van der Waals surface area contributed by atoms with Gasteiger partial charge in [-0.25, -0.2) is 9.78 Å². The quantitative estimate of drug-likeness (QED) is 0.390. The molecule has 0 saturated heterocycles. The number of thiazole rings is 1. The summed E-state index contributed by atoms with van der Waals surface area (Å²) in [5.41, 5.74) is 1.18. The zero-order chi connectivity index (χ0) is 23.6. The Morgan fingerprint density at radius 2 is 1.97 bits per heavy atom. The summed E-state index contributed by atoms with van der Waals surface area (Å²) in [6.07, 6.45) is 6.50. The van der Waals surface area contributed by atoms with Gasteiger partial charge in [0.05, 0.1) is 28.9 Å². The van der Waals surface area contributed by atoms with E-state index in [1.807, 2.05) is 23.1 Å². The van der Waals surface area contributed by atoms with Crippen molar-refractivity contribution < 1.29 is 19.4 Å². The Morgan fingerprint density at radius 1 is 1.24 bits per heavy atom. The number of carbonyl (C=O) groups excluding carboxylic acids is 1. The number of carboxylic acids is 1. The summed E-state index contributed by atoms with van der Waals surface area (Å²) >= 11 is 2.51. The standard InChI is InChI=1S/C24H33N3O4S2/c1-17(2)12-13-27(24(30)26-23-25-14-22(33-23)32-16-21(28)29)19-8-10-20(11-9-19)31-15-18-6-4-3-5-7-18/h3-7,14,17,19-20H,8-13,15-16H2,1-2H3,(H,28,29)(H,25,26,30). The SMILES string of the molecule is CC(C)CCN(C(=O)Nc1ncc(SCC(=O)O)s1)C1CCC(OCc2ccccc2)CC1. The van der Waals surface area contributed by atoms with Crippen LogP contribution in [-0.2, 0) is 16.1 Å². The molecule has 2 aromatic rings. The molecule has 2 N–H and O–H groups in total. The van der Waals surface area contributed by atoms with Crippen molar-refractivity contribution in [3.63, 3.8) is 0 Å². The number of urea groups is 1. The van der Waals surface area contributed by atoms with Gasteiger partial charge >= 0.3 is 12.0 Å². The number of aliphatic carboxylic acids is 1. The Bertz CT molecular complexity index is 883. The zero-order valence-electron chi connectivity index (χ0n) is 19.2. The fraction of sp³-hybridized carbons (Fsp3) is 0.542. The van der Waals surface area contributed by atoms with Gasteiger partial charge in [0.25, 0.3) is 0 Å². The maximum atomic E-state index is 13.1. The van der Waals surface area contributed by atoms with Crippen LogP contribution in [0, 0.1) is 5.92 Å². The van der Waals surface area contributed by atoms with Crippen LogP contribution < -0.4 is 5.32 Å². The first-order valence-electron chi connectivity index (χ1n) is 11.4.